The highest BCUT2D eigenvalue weighted by Crippen LogP contribution is 2.42. The van der Waals surface area contributed by atoms with Crippen LogP contribution < -0.4 is 10.1 Å². The Morgan fingerprint density at radius 1 is 1.33 bits per heavy atom. The van der Waals surface area contributed by atoms with E-state index in [0.717, 1.165) is 28.9 Å². The van der Waals surface area contributed by atoms with E-state index in [4.69, 9.17) is 9.47 Å². The molecule has 0 saturated carbocycles. The zero-order valence-electron chi connectivity index (χ0n) is 18.1. The van der Waals surface area contributed by atoms with Crippen LogP contribution in [0.2, 0.25) is 0 Å². The number of aromatic carboxylic acids is 1. The highest BCUT2D eigenvalue weighted by atomic mass is 16.6. The van der Waals surface area contributed by atoms with Crippen LogP contribution in [0.3, 0.4) is 0 Å². The van der Waals surface area contributed by atoms with Gasteiger partial charge in [0, 0.05) is 24.2 Å². The van der Waals surface area contributed by atoms with Crippen LogP contribution in [0.15, 0.2) is 18.2 Å². The zero-order valence-corrected chi connectivity index (χ0v) is 18.1. The molecule has 8 nitrogen and oxygen atoms in total. The molecule has 1 unspecified atom stereocenters. The molecule has 1 aromatic carbocycles. The summed E-state index contributed by atoms with van der Waals surface area (Å²) in [5, 5.41) is 17.2. The van der Waals surface area contributed by atoms with Crippen molar-refractivity contribution in [1.29, 1.82) is 0 Å². The van der Waals surface area contributed by atoms with Crippen LogP contribution in [-0.2, 0) is 17.7 Å². The molecule has 162 valence electrons. The highest BCUT2D eigenvalue weighted by molar-refractivity contribution is 5.91. The molecule has 2 N–H and O–H groups in total. The average molecular weight is 415 g/mol. The Morgan fingerprint density at radius 3 is 2.70 bits per heavy atom. The summed E-state index contributed by atoms with van der Waals surface area (Å²) >= 11 is 0. The summed E-state index contributed by atoms with van der Waals surface area (Å²) in [5.41, 5.74) is 3.17. The molecule has 1 aromatic heterocycles. The van der Waals surface area contributed by atoms with Crippen molar-refractivity contribution in [3.8, 4) is 17.0 Å². The number of alkyl carbamates (subject to hydrolysis) is 1. The second-order valence-electron chi connectivity index (χ2n) is 8.55. The first-order valence-electron chi connectivity index (χ1n) is 10.1. The van der Waals surface area contributed by atoms with Crippen LogP contribution in [0.1, 0.15) is 61.6 Å². The summed E-state index contributed by atoms with van der Waals surface area (Å²) in [6.07, 6.45) is 0.771. The van der Waals surface area contributed by atoms with Gasteiger partial charge in [0.2, 0.25) is 0 Å². The minimum Gasteiger partial charge on any atom is -0.497 e. The standard InChI is InChI=1S/C22H29N3O5/c1-13-11-14-12-15(29-5)7-8-16(14)18-17(13)19(20(26)27)25(24-18)10-6-9-23-21(28)30-22(2,3)4/h7-8,12-13H,6,9-11H2,1-5H3,(H,23,28)(H,26,27). The first kappa shape index (κ1) is 21.7. The lowest BCUT2D eigenvalue weighted by molar-refractivity contribution is 0.0524. The number of aryl methyl sites for hydroxylation is 1. The molecule has 0 fully saturated rings. The molecule has 30 heavy (non-hydrogen) atoms. The van der Waals surface area contributed by atoms with E-state index >= 15 is 0 Å². The predicted molar refractivity (Wildman–Crippen MR) is 112 cm³/mol. The number of amides is 1. The van der Waals surface area contributed by atoms with Gasteiger partial charge in [-0.3, -0.25) is 4.68 Å². The fraction of sp³-hybridized carbons (Fsp3) is 0.500. The summed E-state index contributed by atoms with van der Waals surface area (Å²) in [5.74, 6) is -0.192. The molecule has 1 heterocycles. The predicted octanol–water partition coefficient (Wildman–Crippen LogP) is 3.83. The molecule has 0 spiro atoms. The molecular formula is C22H29N3O5. The average Bonchev–Trinajstić information content (AvgIpc) is 3.04. The number of hydrogen-bond acceptors (Lipinski definition) is 5. The lowest BCUT2D eigenvalue weighted by Gasteiger charge is -2.22. The van der Waals surface area contributed by atoms with E-state index in [0.29, 0.717) is 25.2 Å². The number of methoxy groups -OCH3 is 1. The monoisotopic (exact) mass is 415 g/mol. The van der Waals surface area contributed by atoms with Crippen LogP contribution in [0.5, 0.6) is 5.75 Å². The summed E-state index contributed by atoms with van der Waals surface area (Å²) < 4.78 is 12.1. The number of benzene rings is 1. The molecule has 2 aromatic rings. The number of ether oxygens (including phenoxy) is 2. The Kier molecular flexibility index (Phi) is 6.05. The SMILES string of the molecule is COc1ccc2c(c1)CC(C)c1c-2nn(CCCNC(=O)OC(C)(C)C)c1C(=O)O. The van der Waals surface area contributed by atoms with E-state index in [1.165, 1.54) is 0 Å². The van der Waals surface area contributed by atoms with Gasteiger partial charge in [-0.05, 0) is 63.3 Å². The molecule has 0 aliphatic heterocycles. The van der Waals surface area contributed by atoms with Gasteiger partial charge in [-0.25, -0.2) is 9.59 Å². The van der Waals surface area contributed by atoms with Crippen LogP contribution in [0.4, 0.5) is 4.79 Å². The lowest BCUT2D eigenvalue weighted by atomic mass is 9.82. The number of carbonyl (C=O) groups is 2. The Labute approximate surface area is 176 Å². The highest BCUT2D eigenvalue weighted by Gasteiger charge is 2.32. The lowest BCUT2D eigenvalue weighted by Crippen LogP contribution is -2.33. The van der Waals surface area contributed by atoms with Gasteiger partial charge >= 0.3 is 12.1 Å². The minimum absolute atomic E-state index is 0.0272. The maximum absolute atomic E-state index is 12.0. The maximum Gasteiger partial charge on any atom is 0.407 e. The van der Waals surface area contributed by atoms with E-state index in [2.05, 4.69) is 10.4 Å². The molecule has 3 rings (SSSR count). The van der Waals surface area contributed by atoms with Gasteiger partial charge in [-0.15, -0.1) is 0 Å². The van der Waals surface area contributed by atoms with Crippen molar-refractivity contribution in [2.24, 2.45) is 0 Å². The van der Waals surface area contributed by atoms with Gasteiger partial charge in [-0.2, -0.15) is 5.10 Å². The molecule has 8 heteroatoms. The van der Waals surface area contributed by atoms with Gasteiger partial charge in [-0.1, -0.05) is 6.92 Å². The zero-order chi connectivity index (χ0) is 22.1. The third-order valence-corrected chi connectivity index (χ3v) is 4.99. The molecule has 1 aliphatic carbocycles. The van der Waals surface area contributed by atoms with E-state index in [1.807, 2.05) is 25.1 Å². The molecule has 1 atom stereocenters. The van der Waals surface area contributed by atoms with Gasteiger partial charge in [0.25, 0.3) is 0 Å². The van der Waals surface area contributed by atoms with E-state index in [1.54, 1.807) is 32.6 Å². The van der Waals surface area contributed by atoms with Crippen molar-refractivity contribution in [3.05, 3.63) is 35.0 Å². The van der Waals surface area contributed by atoms with Crippen molar-refractivity contribution < 1.29 is 24.2 Å². The number of nitrogens with one attached hydrogen (secondary N) is 1. The van der Waals surface area contributed by atoms with E-state index < -0.39 is 17.7 Å². The number of carboxylic acids is 1. The van der Waals surface area contributed by atoms with Crippen molar-refractivity contribution >= 4 is 12.1 Å². The summed E-state index contributed by atoms with van der Waals surface area (Å²) in [6.45, 7) is 8.16. The van der Waals surface area contributed by atoms with E-state index in [-0.39, 0.29) is 11.6 Å². The number of rotatable bonds is 6. The Bertz CT molecular complexity index is 958. The van der Waals surface area contributed by atoms with Crippen LogP contribution >= 0.6 is 0 Å². The van der Waals surface area contributed by atoms with Crippen LogP contribution in [-0.4, -0.2) is 46.2 Å². The number of nitrogens with zero attached hydrogens (tertiary/aromatic N) is 2. The quantitative estimate of drug-likeness (QED) is 0.695. The van der Waals surface area contributed by atoms with Crippen LogP contribution in [0, 0.1) is 0 Å². The largest absolute Gasteiger partial charge is 0.497 e. The number of aromatic nitrogens is 2. The second kappa shape index (κ2) is 8.38. The van der Waals surface area contributed by atoms with Gasteiger partial charge < -0.3 is 19.9 Å². The third-order valence-electron chi connectivity index (χ3n) is 4.99. The number of fused-ring (bicyclic) bond motifs is 3. The number of carboxylic acid groups (broad SMARTS) is 1. The van der Waals surface area contributed by atoms with Gasteiger partial charge in [0.05, 0.1) is 12.8 Å². The Hall–Kier alpha value is -3.03. The third kappa shape index (κ3) is 4.58. The fourth-order valence-corrected chi connectivity index (χ4v) is 3.79. The molecule has 0 bridgehead atoms. The van der Waals surface area contributed by atoms with Gasteiger partial charge in [0.1, 0.15) is 17.0 Å². The minimum atomic E-state index is -0.993. The van der Waals surface area contributed by atoms with E-state index in [9.17, 15) is 14.7 Å². The molecule has 0 radical (unpaired) electrons. The van der Waals surface area contributed by atoms with Gasteiger partial charge in [0.15, 0.2) is 0 Å². The van der Waals surface area contributed by atoms with Crippen molar-refractivity contribution in [3.63, 3.8) is 0 Å². The summed E-state index contributed by atoms with van der Waals surface area (Å²) in [6, 6.07) is 5.79. The number of hydrogen-bond donors (Lipinski definition) is 2. The van der Waals surface area contributed by atoms with Crippen molar-refractivity contribution in [2.45, 2.75) is 58.6 Å². The molecule has 1 amide bonds. The normalized spacial score (nSPS) is 15.2. The first-order valence-corrected chi connectivity index (χ1v) is 10.1. The molecule has 1 aliphatic rings. The van der Waals surface area contributed by atoms with Crippen LogP contribution in [0.25, 0.3) is 11.3 Å². The molecule has 0 saturated heterocycles. The van der Waals surface area contributed by atoms with Crippen molar-refractivity contribution in [1.82, 2.24) is 15.1 Å². The Morgan fingerprint density at radius 2 is 2.07 bits per heavy atom. The first-order chi connectivity index (χ1) is 14.1. The fourth-order valence-electron chi connectivity index (χ4n) is 3.79. The smallest absolute Gasteiger partial charge is 0.407 e. The topological polar surface area (TPSA) is 103 Å². The summed E-state index contributed by atoms with van der Waals surface area (Å²) in [4.78, 5) is 23.8. The number of carbonyl (C=O) groups excluding carboxylic acids is 1. The van der Waals surface area contributed by atoms with Crippen molar-refractivity contribution in [2.75, 3.05) is 13.7 Å². The Balaban J connectivity index is 1.80. The second-order valence-corrected chi connectivity index (χ2v) is 8.55. The maximum atomic E-state index is 12.0. The summed E-state index contributed by atoms with van der Waals surface area (Å²) in [7, 11) is 1.63. The molecular weight excluding hydrogens is 386 g/mol.